The summed E-state index contributed by atoms with van der Waals surface area (Å²) in [6.07, 6.45) is 0.503. The van der Waals surface area contributed by atoms with Crippen LogP contribution in [0.15, 0.2) is 36.4 Å². The number of carbonyl (C=O) groups excluding carboxylic acids is 2. The van der Waals surface area contributed by atoms with E-state index in [4.69, 9.17) is 55.9 Å². The Bertz CT molecular complexity index is 829. The van der Waals surface area contributed by atoms with Gasteiger partial charge in [-0.2, -0.15) is 0 Å². The number of hydrogen-bond acceptors (Lipinski definition) is 4. The third-order valence-corrected chi connectivity index (χ3v) is 4.32. The monoisotopic (exact) mass is 449 g/mol. The topological polar surface area (TPSA) is 64.6 Å². The number of halogens is 4. The molecule has 1 N–H and O–H groups in total. The van der Waals surface area contributed by atoms with Gasteiger partial charge >= 0.3 is 5.97 Å². The fraction of sp³-hybridized carbons (Fsp3) is 0.222. The molecule has 0 atom stereocenters. The molecule has 9 heteroatoms. The minimum atomic E-state index is -0.516. The van der Waals surface area contributed by atoms with Gasteiger partial charge in [0.2, 0.25) is 0 Å². The number of esters is 1. The molecule has 0 radical (unpaired) electrons. The molecule has 0 aliphatic heterocycles. The van der Waals surface area contributed by atoms with E-state index in [1.807, 2.05) is 0 Å². The van der Waals surface area contributed by atoms with Crippen molar-refractivity contribution in [3.63, 3.8) is 0 Å². The van der Waals surface area contributed by atoms with E-state index in [0.29, 0.717) is 37.9 Å². The molecule has 1 amide bonds. The van der Waals surface area contributed by atoms with Crippen LogP contribution in [-0.4, -0.2) is 25.1 Å². The first kappa shape index (κ1) is 21.6. The summed E-state index contributed by atoms with van der Waals surface area (Å²) in [5.74, 6) is -0.538. The highest BCUT2D eigenvalue weighted by Gasteiger charge is 2.10. The Labute approximate surface area is 176 Å². The van der Waals surface area contributed by atoms with Crippen LogP contribution >= 0.6 is 46.4 Å². The van der Waals surface area contributed by atoms with Gasteiger partial charge in [0, 0.05) is 16.5 Å². The molecule has 0 fully saturated rings. The highest BCUT2D eigenvalue weighted by atomic mass is 35.5. The zero-order valence-electron chi connectivity index (χ0n) is 13.9. The highest BCUT2D eigenvalue weighted by molar-refractivity contribution is 6.37. The molecule has 0 bridgehead atoms. The van der Waals surface area contributed by atoms with Crippen molar-refractivity contribution in [1.29, 1.82) is 0 Å². The quantitative estimate of drug-likeness (QED) is 0.417. The summed E-state index contributed by atoms with van der Waals surface area (Å²) in [4.78, 5) is 23.5. The Morgan fingerprint density at radius 2 is 1.59 bits per heavy atom. The average molecular weight is 451 g/mol. The van der Waals surface area contributed by atoms with Crippen LogP contribution < -0.4 is 10.1 Å². The Balaban J connectivity index is 1.66. The molecule has 0 unspecified atom stereocenters. The molecule has 144 valence electrons. The molecule has 0 saturated carbocycles. The first-order valence-corrected chi connectivity index (χ1v) is 9.34. The fourth-order valence-electron chi connectivity index (χ4n) is 1.99. The maximum atomic E-state index is 11.8. The van der Waals surface area contributed by atoms with Gasteiger partial charge in [-0.3, -0.25) is 9.59 Å². The molecule has 2 rings (SSSR count). The Kier molecular flexibility index (Phi) is 8.51. The third kappa shape index (κ3) is 7.46. The Hall–Kier alpha value is -1.66. The van der Waals surface area contributed by atoms with Gasteiger partial charge in [0.05, 0.1) is 22.3 Å². The number of amides is 1. The van der Waals surface area contributed by atoms with Gasteiger partial charge in [0.25, 0.3) is 5.91 Å². The van der Waals surface area contributed by atoms with E-state index in [0.717, 1.165) is 0 Å². The summed E-state index contributed by atoms with van der Waals surface area (Å²) >= 11 is 23.5. The molecule has 0 saturated heterocycles. The normalized spacial score (nSPS) is 10.4. The summed E-state index contributed by atoms with van der Waals surface area (Å²) in [5.41, 5.74) is 0.385. The molecule has 27 heavy (non-hydrogen) atoms. The maximum Gasteiger partial charge on any atom is 0.306 e. The minimum absolute atomic E-state index is 0.0974. The van der Waals surface area contributed by atoms with E-state index in [-0.39, 0.29) is 13.0 Å². The summed E-state index contributed by atoms with van der Waals surface area (Å²) in [7, 11) is 0. The van der Waals surface area contributed by atoms with Gasteiger partial charge in [0.15, 0.2) is 6.61 Å². The van der Waals surface area contributed by atoms with Crippen molar-refractivity contribution in [2.45, 2.75) is 12.8 Å². The van der Waals surface area contributed by atoms with Gasteiger partial charge < -0.3 is 14.8 Å². The summed E-state index contributed by atoms with van der Waals surface area (Å²) < 4.78 is 10.4. The summed E-state index contributed by atoms with van der Waals surface area (Å²) in [6.45, 7) is -0.148. The Morgan fingerprint density at radius 3 is 2.26 bits per heavy atom. The van der Waals surface area contributed by atoms with Crippen LogP contribution in [0.3, 0.4) is 0 Å². The van der Waals surface area contributed by atoms with Crippen molar-refractivity contribution < 1.29 is 19.1 Å². The lowest BCUT2D eigenvalue weighted by molar-refractivity contribution is -0.147. The lowest BCUT2D eigenvalue weighted by Gasteiger charge is -2.09. The molecular formula is C18H15Cl4NO4. The largest absolute Gasteiger partial charge is 0.492 e. The second kappa shape index (κ2) is 10.6. The minimum Gasteiger partial charge on any atom is -0.492 e. The fourth-order valence-corrected chi connectivity index (χ4v) is 2.91. The summed E-state index contributed by atoms with van der Waals surface area (Å²) in [5, 5.41) is 4.18. The van der Waals surface area contributed by atoms with Crippen molar-refractivity contribution >= 4 is 64.0 Å². The van der Waals surface area contributed by atoms with Crippen LogP contribution in [0.1, 0.15) is 12.8 Å². The van der Waals surface area contributed by atoms with Crippen molar-refractivity contribution in [2.24, 2.45) is 0 Å². The number of rotatable bonds is 8. The molecule has 0 aromatic heterocycles. The number of hydrogen-bond donors (Lipinski definition) is 1. The second-order valence-corrected chi connectivity index (χ2v) is 7.05. The highest BCUT2D eigenvalue weighted by Crippen LogP contribution is 2.27. The lowest BCUT2D eigenvalue weighted by Crippen LogP contribution is -2.21. The smallest absolute Gasteiger partial charge is 0.306 e. The molecule has 5 nitrogen and oxygen atoms in total. The van der Waals surface area contributed by atoms with E-state index in [1.165, 1.54) is 6.07 Å². The summed E-state index contributed by atoms with van der Waals surface area (Å²) in [6, 6.07) is 9.51. The van der Waals surface area contributed by atoms with Gasteiger partial charge in [-0.25, -0.2) is 0 Å². The molecular weight excluding hydrogens is 436 g/mol. The molecule has 0 spiro atoms. The molecule has 2 aromatic rings. The molecule has 2 aromatic carbocycles. The number of anilines is 1. The van der Waals surface area contributed by atoms with E-state index < -0.39 is 18.5 Å². The SMILES string of the molecule is O=C(COC(=O)CCCOc1ccc(Cl)cc1Cl)Nc1ccc(Cl)cc1Cl. The molecule has 0 heterocycles. The van der Waals surface area contributed by atoms with Crippen LogP contribution in [0.2, 0.25) is 20.1 Å². The van der Waals surface area contributed by atoms with Gasteiger partial charge in [-0.15, -0.1) is 0 Å². The second-order valence-electron chi connectivity index (χ2n) is 5.36. The van der Waals surface area contributed by atoms with Crippen LogP contribution in [0.4, 0.5) is 5.69 Å². The average Bonchev–Trinajstić information content (AvgIpc) is 2.61. The van der Waals surface area contributed by atoms with Crippen molar-refractivity contribution in [3.05, 3.63) is 56.5 Å². The van der Waals surface area contributed by atoms with Gasteiger partial charge in [-0.05, 0) is 42.8 Å². The number of ether oxygens (including phenoxy) is 2. The molecule has 0 aliphatic rings. The zero-order chi connectivity index (χ0) is 19.8. The van der Waals surface area contributed by atoms with Crippen LogP contribution in [-0.2, 0) is 14.3 Å². The number of benzene rings is 2. The number of carbonyl (C=O) groups is 2. The standard InChI is InChI=1S/C18H15Cl4NO4/c19-11-3-5-15(13(21)8-11)23-17(24)10-27-18(25)2-1-7-26-16-6-4-12(20)9-14(16)22/h3-6,8-9H,1-2,7,10H2,(H,23,24). The predicted octanol–water partition coefficient (Wildman–Crippen LogP) is 5.64. The first-order chi connectivity index (χ1) is 12.8. The maximum absolute atomic E-state index is 11.8. The van der Waals surface area contributed by atoms with E-state index in [2.05, 4.69) is 5.32 Å². The van der Waals surface area contributed by atoms with E-state index in [9.17, 15) is 9.59 Å². The Morgan fingerprint density at radius 1 is 0.926 bits per heavy atom. The van der Waals surface area contributed by atoms with Gasteiger partial charge in [-0.1, -0.05) is 46.4 Å². The zero-order valence-corrected chi connectivity index (χ0v) is 17.0. The third-order valence-electron chi connectivity index (χ3n) is 3.25. The van der Waals surface area contributed by atoms with E-state index >= 15 is 0 Å². The van der Waals surface area contributed by atoms with Gasteiger partial charge in [0.1, 0.15) is 5.75 Å². The van der Waals surface area contributed by atoms with Crippen LogP contribution in [0, 0.1) is 0 Å². The lowest BCUT2D eigenvalue weighted by atomic mass is 10.3. The predicted molar refractivity (Wildman–Crippen MR) is 107 cm³/mol. The van der Waals surface area contributed by atoms with Crippen LogP contribution in [0.5, 0.6) is 5.75 Å². The van der Waals surface area contributed by atoms with Crippen molar-refractivity contribution in [2.75, 3.05) is 18.5 Å². The van der Waals surface area contributed by atoms with Crippen molar-refractivity contribution in [1.82, 2.24) is 0 Å². The number of nitrogens with one attached hydrogen (secondary N) is 1. The van der Waals surface area contributed by atoms with Crippen LogP contribution in [0.25, 0.3) is 0 Å². The van der Waals surface area contributed by atoms with Crippen molar-refractivity contribution in [3.8, 4) is 5.75 Å². The first-order valence-electron chi connectivity index (χ1n) is 7.83. The molecule has 0 aliphatic carbocycles. The van der Waals surface area contributed by atoms with E-state index in [1.54, 1.807) is 30.3 Å².